The number of likely N-dealkylation sites (N-methyl/N-ethyl adjacent to an activating group) is 1. The molecule has 0 saturated carbocycles. The van der Waals surface area contributed by atoms with Crippen molar-refractivity contribution in [3.8, 4) is 11.5 Å². The van der Waals surface area contributed by atoms with Gasteiger partial charge < -0.3 is 39.2 Å². The third kappa shape index (κ3) is 4.43. The summed E-state index contributed by atoms with van der Waals surface area (Å²) in [5, 5.41) is 32.5. The smallest absolute Gasteiger partial charge is 0.353 e. The third-order valence-corrected chi connectivity index (χ3v) is 9.07. The van der Waals surface area contributed by atoms with Crippen molar-refractivity contribution in [1.29, 1.82) is 0 Å². The second kappa shape index (κ2) is 10.4. The van der Waals surface area contributed by atoms with Gasteiger partial charge in [0, 0.05) is 30.5 Å². The van der Waals surface area contributed by atoms with Crippen LogP contribution >= 0.6 is 0 Å². The Labute approximate surface area is 246 Å². The van der Waals surface area contributed by atoms with Gasteiger partial charge in [-0.1, -0.05) is 36.4 Å². The van der Waals surface area contributed by atoms with Crippen LogP contribution in [0.4, 0.5) is 0 Å². The summed E-state index contributed by atoms with van der Waals surface area (Å²) < 4.78 is 22.2. The van der Waals surface area contributed by atoms with Crippen LogP contribution in [0.1, 0.15) is 49.0 Å². The Morgan fingerprint density at radius 1 is 1.12 bits per heavy atom. The van der Waals surface area contributed by atoms with E-state index in [-0.39, 0.29) is 35.3 Å². The zero-order valence-corrected chi connectivity index (χ0v) is 23.5. The SMILES string of the molecule is CC(=O)O[C@@H](CC(=O)O[C@H](C(=O)O)c1ccccc1)C(=O)OC1=CC[C@@]2(O)[C@H]3Cc4ccc(O)c5c4C2(CCN3C)C1O5. The Balaban J connectivity index is 1.26. The van der Waals surface area contributed by atoms with Crippen LogP contribution in [0, 0.1) is 0 Å². The van der Waals surface area contributed by atoms with Crippen LogP contribution in [0.5, 0.6) is 11.5 Å². The number of likely N-dealkylation sites (tertiary alicyclic amines) is 1. The minimum absolute atomic E-state index is 0.0552. The number of carboxylic acids is 1. The van der Waals surface area contributed by atoms with E-state index in [1.165, 1.54) is 12.1 Å². The molecule has 0 aromatic heterocycles. The van der Waals surface area contributed by atoms with E-state index in [2.05, 4.69) is 4.90 Å². The van der Waals surface area contributed by atoms with Crippen LogP contribution in [-0.2, 0) is 45.2 Å². The van der Waals surface area contributed by atoms with E-state index in [9.17, 15) is 34.5 Å². The number of esters is 3. The van der Waals surface area contributed by atoms with Crippen LogP contribution in [0.25, 0.3) is 0 Å². The van der Waals surface area contributed by atoms with E-state index in [0.29, 0.717) is 24.9 Å². The quantitative estimate of drug-likeness (QED) is 0.301. The molecule has 0 amide bonds. The molecule has 2 aromatic rings. The summed E-state index contributed by atoms with van der Waals surface area (Å²) in [4.78, 5) is 52.0. The van der Waals surface area contributed by atoms with Crippen molar-refractivity contribution in [2.45, 2.75) is 68.0 Å². The highest BCUT2D eigenvalue weighted by Crippen LogP contribution is 2.65. The Morgan fingerprint density at radius 3 is 2.56 bits per heavy atom. The van der Waals surface area contributed by atoms with Crippen LogP contribution in [0.2, 0.25) is 0 Å². The summed E-state index contributed by atoms with van der Waals surface area (Å²) in [7, 11) is 1.95. The number of piperidine rings is 1. The number of phenols is 1. The second-order valence-electron chi connectivity index (χ2n) is 11.4. The predicted octanol–water partition coefficient (Wildman–Crippen LogP) is 1.90. The molecule has 12 heteroatoms. The van der Waals surface area contributed by atoms with E-state index in [4.69, 9.17) is 18.9 Å². The summed E-state index contributed by atoms with van der Waals surface area (Å²) in [6.07, 6.45) is -2.50. The van der Waals surface area contributed by atoms with Gasteiger partial charge in [0.1, 0.15) is 5.76 Å². The molecule has 2 bridgehead atoms. The van der Waals surface area contributed by atoms with E-state index in [1.54, 1.807) is 30.3 Å². The van der Waals surface area contributed by atoms with Crippen molar-refractivity contribution < 1.29 is 53.4 Å². The Bertz CT molecular complexity index is 1540. The van der Waals surface area contributed by atoms with E-state index in [0.717, 1.165) is 12.5 Å². The number of phenolic OH excluding ortho intramolecular Hbond substituents is 1. The van der Waals surface area contributed by atoms with Crippen molar-refractivity contribution in [1.82, 2.24) is 4.90 Å². The summed E-state index contributed by atoms with van der Waals surface area (Å²) in [6.45, 7) is 1.67. The van der Waals surface area contributed by atoms with Crippen LogP contribution in [-0.4, -0.2) is 81.5 Å². The number of carboxylic acid groups (broad SMARTS) is 1. The number of nitrogens with zero attached hydrogens (tertiary/aromatic N) is 1. The fourth-order valence-electron chi connectivity index (χ4n) is 7.21. The van der Waals surface area contributed by atoms with Crippen molar-refractivity contribution in [2.24, 2.45) is 0 Å². The number of carbonyl (C=O) groups is 4. The molecule has 2 heterocycles. The molecule has 43 heavy (non-hydrogen) atoms. The summed E-state index contributed by atoms with van der Waals surface area (Å²) >= 11 is 0. The average Bonchev–Trinajstić information content (AvgIpc) is 3.32. The highest BCUT2D eigenvalue weighted by Gasteiger charge is 2.72. The van der Waals surface area contributed by atoms with Crippen LogP contribution < -0.4 is 4.74 Å². The molecule has 1 saturated heterocycles. The number of ether oxygens (including phenoxy) is 4. The van der Waals surface area contributed by atoms with Crippen LogP contribution in [0.15, 0.2) is 54.3 Å². The van der Waals surface area contributed by atoms with Crippen molar-refractivity contribution >= 4 is 23.9 Å². The molecule has 2 aliphatic heterocycles. The summed E-state index contributed by atoms with van der Waals surface area (Å²) in [5.74, 6) is -4.31. The van der Waals surface area contributed by atoms with Gasteiger partial charge in [0.2, 0.25) is 12.2 Å². The fraction of sp³-hybridized carbons (Fsp3) is 0.419. The average molecular weight is 594 g/mol. The lowest BCUT2D eigenvalue weighted by Gasteiger charge is -2.61. The number of benzene rings is 2. The van der Waals surface area contributed by atoms with Gasteiger partial charge in [0.25, 0.3) is 0 Å². The van der Waals surface area contributed by atoms with Gasteiger partial charge in [-0.05, 0) is 44.1 Å². The first-order valence-corrected chi connectivity index (χ1v) is 14.0. The number of hydrogen-bond acceptors (Lipinski definition) is 11. The lowest BCUT2D eigenvalue weighted by molar-refractivity contribution is -0.179. The predicted molar refractivity (Wildman–Crippen MR) is 146 cm³/mol. The minimum atomic E-state index is -1.75. The van der Waals surface area contributed by atoms with Crippen molar-refractivity contribution in [3.05, 3.63) is 71.0 Å². The van der Waals surface area contributed by atoms with E-state index in [1.807, 2.05) is 13.1 Å². The summed E-state index contributed by atoms with van der Waals surface area (Å²) in [5.41, 5.74) is -0.466. The van der Waals surface area contributed by atoms with Gasteiger partial charge in [-0.15, -0.1) is 0 Å². The van der Waals surface area contributed by atoms with Gasteiger partial charge in [-0.25, -0.2) is 9.59 Å². The van der Waals surface area contributed by atoms with Gasteiger partial charge in [-0.2, -0.15) is 0 Å². The molecule has 2 aliphatic carbocycles. The van der Waals surface area contributed by atoms with E-state index >= 15 is 0 Å². The summed E-state index contributed by atoms with van der Waals surface area (Å²) in [6, 6.07) is 10.9. The van der Waals surface area contributed by atoms with Gasteiger partial charge in [0.15, 0.2) is 17.6 Å². The fourth-order valence-corrected chi connectivity index (χ4v) is 7.21. The maximum Gasteiger partial charge on any atom is 0.353 e. The standard InChI is InChI=1S/C31H31NO11/c1-16(33)40-21(15-23(35)42-25(28(36)37)17-6-4-3-5-7-17)29(38)41-20-10-11-31(39)22-14-18-8-9-19(34)26-24(18)30(31,27(20)43-26)12-13-32(22)2/h3-10,21-22,25,27,34,39H,11-15H2,1-2H3,(H,36,37)/t21-,22+,25-,27?,30?,31+/m0/s1. The number of aromatic hydroxyl groups is 1. The number of hydrogen-bond donors (Lipinski definition) is 3. The molecule has 0 radical (unpaired) electrons. The Hall–Kier alpha value is -4.42. The molecule has 1 fully saturated rings. The maximum absolute atomic E-state index is 13.4. The van der Waals surface area contributed by atoms with Crippen molar-refractivity contribution in [2.75, 3.05) is 13.6 Å². The number of carbonyl (C=O) groups excluding carboxylic acids is 3. The lowest BCUT2D eigenvalue weighted by Crippen LogP contribution is -2.74. The highest BCUT2D eigenvalue weighted by molar-refractivity contribution is 5.86. The Kier molecular flexibility index (Phi) is 6.93. The molecule has 2 aromatic carbocycles. The normalized spacial score (nSPS) is 27.9. The minimum Gasteiger partial charge on any atom is -0.504 e. The molecule has 226 valence electrons. The molecule has 6 atom stereocenters. The Morgan fingerprint density at radius 2 is 1.86 bits per heavy atom. The molecule has 1 spiro atoms. The molecular formula is C31H31NO11. The van der Waals surface area contributed by atoms with Crippen molar-refractivity contribution in [3.63, 3.8) is 0 Å². The van der Waals surface area contributed by atoms with Gasteiger partial charge in [-0.3, -0.25) is 9.59 Å². The molecule has 12 nitrogen and oxygen atoms in total. The third-order valence-electron chi connectivity index (χ3n) is 9.07. The molecule has 3 N–H and O–H groups in total. The number of aliphatic carboxylic acids is 1. The maximum atomic E-state index is 13.4. The highest BCUT2D eigenvalue weighted by atomic mass is 16.6. The molecular weight excluding hydrogens is 562 g/mol. The van der Waals surface area contributed by atoms with Gasteiger partial charge in [0.05, 0.1) is 17.4 Å². The van der Waals surface area contributed by atoms with Gasteiger partial charge >= 0.3 is 23.9 Å². The first kappa shape index (κ1) is 28.7. The lowest BCUT2D eigenvalue weighted by atomic mass is 9.50. The van der Waals surface area contributed by atoms with Crippen LogP contribution in [0.3, 0.4) is 0 Å². The van der Waals surface area contributed by atoms with E-state index < -0.39 is 59.6 Å². The number of rotatable bonds is 8. The molecule has 4 aliphatic rings. The number of aliphatic hydroxyl groups is 1. The zero-order valence-electron chi connectivity index (χ0n) is 23.5. The molecule has 6 rings (SSSR count). The topological polar surface area (TPSA) is 169 Å². The monoisotopic (exact) mass is 593 g/mol. The zero-order chi connectivity index (χ0) is 30.7. The first-order valence-electron chi connectivity index (χ1n) is 14.0. The molecule has 2 unspecified atom stereocenters. The largest absolute Gasteiger partial charge is 0.504 e. The second-order valence-corrected chi connectivity index (χ2v) is 11.4. The first-order chi connectivity index (χ1) is 20.5.